The van der Waals surface area contributed by atoms with Crippen LogP contribution in [0.4, 0.5) is 5.69 Å². The Morgan fingerprint density at radius 3 is 2.24 bits per heavy atom. The lowest BCUT2D eigenvalue weighted by Crippen LogP contribution is -2.07. The molecular weight excluding hydrogens is 214 g/mol. The fourth-order valence-electron chi connectivity index (χ4n) is 1.33. The normalized spacial score (nSPS) is 9.35. The number of carbonyl (C=O) groups excluding carboxylic acids is 1. The highest BCUT2D eigenvalue weighted by atomic mass is 16.5. The number of para-hydroxylation sites is 1. The molecule has 2 rings (SSSR count). The topological polar surface area (TPSA) is 30.7 Å². The zero-order chi connectivity index (χ0) is 12.1. The Morgan fingerprint density at radius 2 is 1.65 bits per heavy atom. The predicted octanol–water partition coefficient (Wildman–Crippen LogP) is 3.46. The summed E-state index contributed by atoms with van der Waals surface area (Å²) in [7, 11) is 0. The van der Waals surface area contributed by atoms with Gasteiger partial charge in [0.2, 0.25) is 0 Å². The van der Waals surface area contributed by atoms with Gasteiger partial charge in [-0.1, -0.05) is 42.5 Å². The van der Waals surface area contributed by atoms with Crippen molar-refractivity contribution >= 4 is 11.7 Å². The first-order chi connectivity index (χ1) is 8.29. The molecule has 3 nitrogen and oxygen atoms in total. The average molecular weight is 223 g/mol. The third-order valence-electron chi connectivity index (χ3n) is 2.19. The van der Waals surface area contributed by atoms with Gasteiger partial charge in [0.1, 0.15) is 5.75 Å². The molecular formula is C14H9NO2. The molecule has 82 valence electrons. The number of esters is 1. The van der Waals surface area contributed by atoms with Crippen molar-refractivity contribution in [2.45, 2.75) is 0 Å². The third-order valence-corrected chi connectivity index (χ3v) is 2.19. The molecule has 0 radical (unpaired) electrons. The SMILES string of the molecule is [C-]#[N+]c1ccc(C(=O)Oc2ccccc2)cc1. The van der Waals surface area contributed by atoms with E-state index in [0.717, 1.165) is 0 Å². The first-order valence-corrected chi connectivity index (χ1v) is 5.04. The zero-order valence-electron chi connectivity index (χ0n) is 8.96. The Hall–Kier alpha value is -2.60. The Labute approximate surface area is 99.1 Å². The highest BCUT2D eigenvalue weighted by molar-refractivity contribution is 5.91. The molecule has 0 bridgehead atoms. The Morgan fingerprint density at radius 1 is 1.00 bits per heavy atom. The van der Waals surface area contributed by atoms with E-state index in [1.54, 1.807) is 48.5 Å². The van der Waals surface area contributed by atoms with Gasteiger partial charge in [-0.25, -0.2) is 9.64 Å². The van der Waals surface area contributed by atoms with Crippen molar-refractivity contribution in [1.82, 2.24) is 0 Å². The second-order valence-electron chi connectivity index (χ2n) is 3.36. The summed E-state index contributed by atoms with van der Waals surface area (Å²) in [5.74, 6) is 0.0829. The number of nitrogens with zero attached hydrogens (tertiary/aromatic N) is 1. The molecule has 0 N–H and O–H groups in total. The molecule has 0 aromatic heterocycles. The van der Waals surface area contributed by atoms with Crippen molar-refractivity contribution in [1.29, 1.82) is 0 Å². The molecule has 0 saturated heterocycles. The molecule has 3 heteroatoms. The summed E-state index contributed by atoms with van der Waals surface area (Å²) in [6.07, 6.45) is 0. The molecule has 0 atom stereocenters. The molecule has 0 fully saturated rings. The Bertz CT molecular complexity index is 553. The summed E-state index contributed by atoms with van der Waals surface area (Å²) < 4.78 is 5.16. The van der Waals surface area contributed by atoms with Crippen LogP contribution in [0, 0.1) is 6.57 Å². The number of hydrogen-bond acceptors (Lipinski definition) is 2. The molecule has 0 saturated carbocycles. The van der Waals surface area contributed by atoms with Gasteiger partial charge in [0.25, 0.3) is 0 Å². The maximum absolute atomic E-state index is 11.7. The van der Waals surface area contributed by atoms with Gasteiger partial charge in [-0.05, 0) is 12.1 Å². The number of carbonyl (C=O) groups is 1. The molecule has 2 aromatic carbocycles. The molecule has 2 aromatic rings. The van der Waals surface area contributed by atoms with Crippen molar-refractivity contribution in [3.8, 4) is 5.75 Å². The second kappa shape index (κ2) is 4.95. The van der Waals surface area contributed by atoms with Crippen LogP contribution in [0.25, 0.3) is 4.85 Å². The van der Waals surface area contributed by atoms with E-state index in [0.29, 0.717) is 17.0 Å². The van der Waals surface area contributed by atoms with Gasteiger partial charge in [-0.3, -0.25) is 0 Å². The van der Waals surface area contributed by atoms with Crippen LogP contribution in [0.3, 0.4) is 0 Å². The minimum absolute atomic E-state index is 0.423. The molecule has 17 heavy (non-hydrogen) atoms. The Balaban J connectivity index is 2.13. The molecule has 0 amide bonds. The number of hydrogen-bond donors (Lipinski definition) is 0. The lowest BCUT2D eigenvalue weighted by molar-refractivity contribution is 0.0735. The van der Waals surface area contributed by atoms with Gasteiger partial charge in [0.15, 0.2) is 5.69 Å². The molecule has 0 aliphatic rings. The van der Waals surface area contributed by atoms with Crippen LogP contribution in [0.1, 0.15) is 10.4 Å². The number of benzene rings is 2. The van der Waals surface area contributed by atoms with Crippen LogP contribution in [0.2, 0.25) is 0 Å². The van der Waals surface area contributed by atoms with Crippen LogP contribution in [-0.2, 0) is 0 Å². The van der Waals surface area contributed by atoms with Gasteiger partial charge in [-0.15, -0.1) is 0 Å². The van der Waals surface area contributed by atoms with E-state index in [2.05, 4.69) is 4.85 Å². The summed E-state index contributed by atoms with van der Waals surface area (Å²) in [5.41, 5.74) is 0.933. The lowest BCUT2D eigenvalue weighted by atomic mass is 10.2. The maximum Gasteiger partial charge on any atom is 0.343 e. The average Bonchev–Trinajstić information content (AvgIpc) is 2.40. The van der Waals surface area contributed by atoms with Crippen molar-refractivity contribution in [3.63, 3.8) is 0 Å². The fraction of sp³-hybridized carbons (Fsp3) is 0. The van der Waals surface area contributed by atoms with Crippen LogP contribution < -0.4 is 4.74 Å². The summed E-state index contributed by atoms with van der Waals surface area (Å²) in [4.78, 5) is 15.0. The Kier molecular flexibility index (Phi) is 3.18. The van der Waals surface area contributed by atoms with Gasteiger partial charge in [0.05, 0.1) is 12.1 Å². The minimum atomic E-state index is -0.423. The zero-order valence-corrected chi connectivity index (χ0v) is 8.96. The van der Waals surface area contributed by atoms with Crippen molar-refractivity contribution in [3.05, 3.63) is 71.6 Å². The van der Waals surface area contributed by atoms with Gasteiger partial charge >= 0.3 is 5.97 Å². The van der Waals surface area contributed by atoms with Crippen molar-refractivity contribution in [2.75, 3.05) is 0 Å². The van der Waals surface area contributed by atoms with E-state index in [1.165, 1.54) is 0 Å². The van der Waals surface area contributed by atoms with Gasteiger partial charge in [-0.2, -0.15) is 0 Å². The number of ether oxygens (including phenoxy) is 1. The van der Waals surface area contributed by atoms with Gasteiger partial charge in [0, 0.05) is 0 Å². The summed E-state index contributed by atoms with van der Waals surface area (Å²) in [6.45, 7) is 6.81. The van der Waals surface area contributed by atoms with E-state index >= 15 is 0 Å². The molecule has 0 heterocycles. The lowest BCUT2D eigenvalue weighted by Gasteiger charge is -2.03. The molecule has 0 unspecified atom stereocenters. The minimum Gasteiger partial charge on any atom is -0.423 e. The van der Waals surface area contributed by atoms with Crippen LogP contribution in [0.5, 0.6) is 5.75 Å². The standard InChI is InChI=1S/C14H9NO2/c1-15-12-9-7-11(8-10-12)14(16)17-13-5-3-2-4-6-13/h2-10H. The summed E-state index contributed by atoms with van der Waals surface area (Å²) in [5, 5.41) is 0. The third kappa shape index (κ3) is 2.70. The van der Waals surface area contributed by atoms with Crippen LogP contribution in [-0.4, -0.2) is 5.97 Å². The first-order valence-electron chi connectivity index (χ1n) is 5.04. The van der Waals surface area contributed by atoms with Gasteiger partial charge < -0.3 is 4.74 Å². The van der Waals surface area contributed by atoms with E-state index in [4.69, 9.17) is 11.3 Å². The quantitative estimate of drug-likeness (QED) is 0.443. The summed E-state index contributed by atoms with van der Waals surface area (Å²) >= 11 is 0. The van der Waals surface area contributed by atoms with Crippen molar-refractivity contribution < 1.29 is 9.53 Å². The van der Waals surface area contributed by atoms with E-state index in [1.807, 2.05) is 6.07 Å². The first kappa shape index (κ1) is 10.9. The van der Waals surface area contributed by atoms with Crippen LogP contribution in [0.15, 0.2) is 54.6 Å². The largest absolute Gasteiger partial charge is 0.423 e. The number of rotatable bonds is 2. The molecule has 0 aliphatic carbocycles. The predicted molar refractivity (Wildman–Crippen MR) is 64.1 cm³/mol. The summed E-state index contributed by atoms with van der Waals surface area (Å²) in [6, 6.07) is 15.2. The smallest absolute Gasteiger partial charge is 0.343 e. The van der Waals surface area contributed by atoms with Crippen LogP contribution >= 0.6 is 0 Å². The maximum atomic E-state index is 11.7. The monoisotopic (exact) mass is 223 g/mol. The highest BCUT2D eigenvalue weighted by Crippen LogP contribution is 2.15. The van der Waals surface area contributed by atoms with E-state index < -0.39 is 5.97 Å². The second-order valence-corrected chi connectivity index (χ2v) is 3.36. The molecule has 0 spiro atoms. The van der Waals surface area contributed by atoms with E-state index in [-0.39, 0.29) is 0 Å². The van der Waals surface area contributed by atoms with E-state index in [9.17, 15) is 4.79 Å². The molecule has 0 aliphatic heterocycles. The fourth-order valence-corrected chi connectivity index (χ4v) is 1.33. The van der Waals surface area contributed by atoms with Crippen molar-refractivity contribution in [2.24, 2.45) is 0 Å². The highest BCUT2D eigenvalue weighted by Gasteiger charge is 2.07.